The highest BCUT2D eigenvalue weighted by Crippen LogP contribution is 2.36. The van der Waals surface area contributed by atoms with Crippen LogP contribution < -0.4 is 10.2 Å². The second-order valence-electron chi connectivity index (χ2n) is 10.4. The summed E-state index contributed by atoms with van der Waals surface area (Å²) >= 11 is 0. The number of aliphatic hydroxyl groups is 2. The normalized spacial score (nSPS) is 19.3. The lowest BCUT2D eigenvalue weighted by Crippen LogP contribution is -2.48. The highest BCUT2D eigenvalue weighted by molar-refractivity contribution is 5.78. The maximum absolute atomic E-state index is 10.8. The molecule has 0 spiro atoms. The highest BCUT2D eigenvalue weighted by Gasteiger charge is 2.26. The van der Waals surface area contributed by atoms with Crippen molar-refractivity contribution in [2.24, 2.45) is 0 Å². The number of hydrogen-bond acceptors (Lipinski definition) is 9. The summed E-state index contributed by atoms with van der Waals surface area (Å²) in [4.78, 5) is 20.4. The summed E-state index contributed by atoms with van der Waals surface area (Å²) in [6, 6.07) is 6.39. The number of β-amino-alcohol motifs (C(OH)–C–C–N with tert-alkyl or cyclic N) is 1. The molecule has 0 bridgehead atoms. The van der Waals surface area contributed by atoms with Gasteiger partial charge in [0.05, 0.1) is 23.7 Å². The Kier molecular flexibility index (Phi) is 7.38. The molecule has 10 nitrogen and oxygen atoms in total. The summed E-state index contributed by atoms with van der Waals surface area (Å²) in [6.07, 6.45) is 7.31. The molecule has 194 valence electrons. The minimum Gasteiger partial charge on any atom is -0.392 e. The Morgan fingerprint density at radius 2 is 1.81 bits per heavy atom. The molecule has 1 unspecified atom stereocenters. The predicted molar refractivity (Wildman–Crippen MR) is 142 cm³/mol. The first kappa shape index (κ1) is 24.9. The third-order valence-electron chi connectivity index (χ3n) is 7.30. The molecule has 3 N–H and O–H groups in total. The molecule has 3 aromatic rings. The van der Waals surface area contributed by atoms with Crippen molar-refractivity contribution < 1.29 is 10.2 Å². The SMILES string of the molecule is C[C@@H](O)CN1CCN(c2ccc(Nc3ncc4cc(C(O)N(C)C)n(C5CCCC5)c4n3)nc2)CC1. The van der Waals surface area contributed by atoms with Gasteiger partial charge in [-0.3, -0.25) is 9.80 Å². The van der Waals surface area contributed by atoms with Gasteiger partial charge in [0.25, 0.3) is 0 Å². The number of rotatable bonds is 8. The molecule has 5 rings (SSSR count). The van der Waals surface area contributed by atoms with Gasteiger partial charge in [0.2, 0.25) is 5.95 Å². The lowest BCUT2D eigenvalue weighted by Gasteiger charge is -2.36. The summed E-state index contributed by atoms with van der Waals surface area (Å²) < 4.78 is 2.22. The Bertz CT molecular complexity index is 1150. The second kappa shape index (κ2) is 10.7. The molecule has 1 aliphatic carbocycles. The van der Waals surface area contributed by atoms with Crippen molar-refractivity contribution in [3.8, 4) is 0 Å². The van der Waals surface area contributed by atoms with E-state index in [4.69, 9.17) is 4.98 Å². The van der Waals surface area contributed by atoms with Gasteiger partial charge >= 0.3 is 0 Å². The van der Waals surface area contributed by atoms with Crippen LogP contribution in [0.2, 0.25) is 0 Å². The van der Waals surface area contributed by atoms with Crippen LogP contribution in [-0.2, 0) is 0 Å². The largest absolute Gasteiger partial charge is 0.392 e. The van der Waals surface area contributed by atoms with Gasteiger partial charge in [-0.05, 0) is 52.1 Å². The zero-order valence-electron chi connectivity index (χ0n) is 21.5. The number of aromatic nitrogens is 4. The molecule has 1 aliphatic heterocycles. The quantitative estimate of drug-likeness (QED) is 0.408. The summed E-state index contributed by atoms with van der Waals surface area (Å²) in [5.74, 6) is 1.19. The van der Waals surface area contributed by atoms with Crippen LogP contribution in [0.1, 0.15) is 50.6 Å². The molecule has 0 aromatic carbocycles. The molecule has 10 heteroatoms. The highest BCUT2D eigenvalue weighted by atomic mass is 16.3. The summed E-state index contributed by atoms with van der Waals surface area (Å²) in [5, 5.41) is 24.7. The zero-order valence-corrected chi connectivity index (χ0v) is 21.5. The number of hydrogen-bond donors (Lipinski definition) is 3. The number of nitrogens with zero attached hydrogens (tertiary/aromatic N) is 7. The van der Waals surface area contributed by atoms with E-state index in [1.165, 1.54) is 12.8 Å². The smallest absolute Gasteiger partial charge is 0.230 e. The van der Waals surface area contributed by atoms with E-state index in [1.54, 1.807) is 0 Å². The average Bonchev–Trinajstić information content (AvgIpc) is 3.52. The topological polar surface area (TPSA) is 106 Å². The van der Waals surface area contributed by atoms with E-state index in [0.29, 0.717) is 17.8 Å². The number of nitrogens with one attached hydrogen (secondary N) is 1. The first-order chi connectivity index (χ1) is 17.4. The first-order valence-electron chi connectivity index (χ1n) is 13.0. The van der Waals surface area contributed by atoms with E-state index in [9.17, 15) is 10.2 Å². The van der Waals surface area contributed by atoms with Crippen molar-refractivity contribution in [2.45, 2.75) is 51.0 Å². The van der Waals surface area contributed by atoms with Crippen LogP contribution in [0.3, 0.4) is 0 Å². The Morgan fingerprint density at radius 3 is 2.44 bits per heavy atom. The molecule has 1 saturated heterocycles. The molecule has 0 amide bonds. The number of anilines is 3. The molecule has 4 heterocycles. The van der Waals surface area contributed by atoms with Crippen molar-refractivity contribution in [1.82, 2.24) is 29.3 Å². The second-order valence-corrected chi connectivity index (χ2v) is 10.4. The van der Waals surface area contributed by atoms with Gasteiger partial charge in [0.15, 0.2) is 0 Å². The van der Waals surface area contributed by atoms with Crippen LogP contribution in [-0.4, -0.2) is 92.5 Å². The van der Waals surface area contributed by atoms with Gasteiger partial charge in [-0.15, -0.1) is 0 Å². The van der Waals surface area contributed by atoms with Crippen LogP contribution >= 0.6 is 0 Å². The van der Waals surface area contributed by atoms with Crippen LogP contribution in [0.25, 0.3) is 11.0 Å². The first-order valence-corrected chi connectivity index (χ1v) is 13.0. The number of aliphatic hydroxyl groups excluding tert-OH is 2. The Hall–Kier alpha value is -2.79. The molecule has 0 radical (unpaired) electrons. The lowest BCUT2D eigenvalue weighted by atomic mass is 10.2. The summed E-state index contributed by atoms with van der Waals surface area (Å²) in [6.45, 7) is 6.26. The summed E-state index contributed by atoms with van der Waals surface area (Å²) in [5.41, 5.74) is 2.80. The van der Waals surface area contributed by atoms with Crippen molar-refractivity contribution in [3.63, 3.8) is 0 Å². The Morgan fingerprint density at radius 1 is 1.06 bits per heavy atom. The molecule has 36 heavy (non-hydrogen) atoms. The van der Waals surface area contributed by atoms with E-state index in [1.807, 2.05) is 50.4 Å². The third kappa shape index (κ3) is 5.31. The molecule has 2 atom stereocenters. The van der Waals surface area contributed by atoms with Crippen LogP contribution in [0.5, 0.6) is 0 Å². The van der Waals surface area contributed by atoms with Crippen LogP contribution in [0.15, 0.2) is 30.6 Å². The van der Waals surface area contributed by atoms with Crippen molar-refractivity contribution >= 4 is 28.5 Å². The minimum atomic E-state index is -0.695. The number of fused-ring (bicyclic) bond motifs is 1. The lowest BCUT2D eigenvalue weighted by molar-refractivity contribution is 0.0319. The van der Waals surface area contributed by atoms with Gasteiger partial charge in [-0.2, -0.15) is 4.98 Å². The Labute approximate surface area is 212 Å². The number of pyridine rings is 1. The van der Waals surface area contributed by atoms with Gasteiger partial charge in [-0.25, -0.2) is 9.97 Å². The Balaban J connectivity index is 1.32. The molecular weight excluding hydrogens is 456 g/mol. The fourth-order valence-electron chi connectivity index (χ4n) is 5.42. The molecule has 3 aromatic heterocycles. The fraction of sp³-hybridized carbons (Fsp3) is 0.577. The van der Waals surface area contributed by atoms with E-state index >= 15 is 0 Å². The molecule has 2 aliphatic rings. The van der Waals surface area contributed by atoms with Gasteiger partial charge in [-0.1, -0.05) is 12.8 Å². The third-order valence-corrected chi connectivity index (χ3v) is 7.30. The minimum absolute atomic E-state index is 0.296. The molecular formula is C26H38N8O2. The van der Waals surface area contributed by atoms with Crippen molar-refractivity contribution in [2.75, 3.05) is 57.0 Å². The number of piperazine rings is 1. The van der Waals surface area contributed by atoms with E-state index in [-0.39, 0.29) is 6.10 Å². The molecule has 1 saturated carbocycles. The van der Waals surface area contributed by atoms with Crippen LogP contribution in [0.4, 0.5) is 17.5 Å². The van der Waals surface area contributed by atoms with Crippen LogP contribution in [0, 0.1) is 0 Å². The molecule has 2 fully saturated rings. The van der Waals surface area contributed by atoms with Gasteiger partial charge in [0, 0.05) is 50.3 Å². The zero-order chi connectivity index (χ0) is 25.2. The van der Waals surface area contributed by atoms with E-state index in [0.717, 1.165) is 68.0 Å². The van der Waals surface area contributed by atoms with Gasteiger partial charge < -0.3 is 25.0 Å². The monoisotopic (exact) mass is 494 g/mol. The average molecular weight is 495 g/mol. The summed E-state index contributed by atoms with van der Waals surface area (Å²) in [7, 11) is 3.76. The van der Waals surface area contributed by atoms with Gasteiger partial charge in [0.1, 0.15) is 17.7 Å². The maximum Gasteiger partial charge on any atom is 0.230 e. The fourth-order valence-corrected chi connectivity index (χ4v) is 5.42. The predicted octanol–water partition coefficient (Wildman–Crippen LogP) is 2.74. The maximum atomic E-state index is 10.8. The van der Waals surface area contributed by atoms with E-state index < -0.39 is 6.23 Å². The van der Waals surface area contributed by atoms with E-state index in [2.05, 4.69) is 35.7 Å². The standard InChI is InChI=1S/C26H38N8O2/c1-18(35)17-32-10-12-33(13-11-32)21-8-9-23(27-16-21)29-26-28-15-19-14-22(25(36)31(2)3)34(24(19)30-26)20-6-4-5-7-20/h8-9,14-16,18,20,25,35-36H,4-7,10-13,17H2,1-3H3,(H,27,28,29,30)/t18-,25?/m1/s1. The van der Waals surface area contributed by atoms with Crippen molar-refractivity contribution in [3.05, 3.63) is 36.3 Å². The van der Waals surface area contributed by atoms with Crippen molar-refractivity contribution in [1.29, 1.82) is 0 Å².